The van der Waals surface area contributed by atoms with Crippen molar-refractivity contribution >= 4 is 17.3 Å². The fourth-order valence-corrected chi connectivity index (χ4v) is 3.28. The van der Waals surface area contributed by atoms with Crippen molar-refractivity contribution < 1.29 is 0 Å². The molecule has 0 amide bonds. The van der Waals surface area contributed by atoms with Crippen LogP contribution in [0, 0.1) is 10.8 Å². The summed E-state index contributed by atoms with van der Waals surface area (Å²) in [7, 11) is 0. The molecule has 0 aromatic heterocycles. The van der Waals surface area contributed by atoms with E-state index in [2.05, 4.69) is 44.8 Å². The van der Waals surface area contributed by atoms with Crippen molar-refractivity contribution in [3.05, 3.63) is 0 Å². The molecule has 0 spiro atoms. The lowest BCUT2D eigenvalue weighted by Gasteiger charge is -2.35. The summed E-state index contributed by atoms with van der Waals surface area (Å²) >= 11 is 5.50. The number of hydrogen-bond acceptors (Lipinski definition) is 1. The number of thiocarbonyl (C=S) groups is 1. The second-order valence-corrected chi connectivity index (χ2v) is 7.99. The van der Waals surface area contributed by atoms with Gasteiger partial charge in [-0.3, -0.25) is 0 Å². The second kappa shape index (κ2) is 6.23. The van der Waals surface area contributed by atoms with Gasteiger partial charge in [-0.05, 0) is 48.7 Å². The van der Waals surface area contributed by atoms with Crippen LogP contribution < -0.4 is 5.32 Å². The van der Waals surface area contributed by atoms with E-state index in [1.54, 1.807) is 0 Å². The molecular weight excluding hydrogens is 240 g/mol. The molecule has 18 heavy (non-hydrogen) atoms. The van der Waals surface area contributed by atoms with E-state index in [0.29, 0.717) is 5.41 Å². The maximum Gasteiger partial charge on any atom is 0.168 e. The van der Waals surface area contributed by atoms with Gasteiger partial charge in [-0.15, -0.1) is 0 Å². The minimum atomic E-state index is 0.290. The lowest BCUT2D eigenvalue weighted by molar-refractivity contribution is 0.211. The van der Waals surface area contributed by atoms with Crippen LogP contribution >= 0.6 is 12.2 Å². The Morgan fingerprint density at radius 3 is 2.11 bits per heavy atom. The molecule has 1 aliphatic heterocycles. The number of likely N-dealkylation sites (tertiary alicyclic amines) is 1. The predicted octanol–water partition coefficient (Wildman–Crippen LogP) is 3.81. The van der Waals surface area contributed by atoms with Crippen molar-refractivity contribution in [3.8, 4) is 0 Å². The molecule has 1 heterocycles. The normalized spacial score (nSPS) is 17.7. The molecule has 0 bridgehead atoms. The maximum atomic E-state index is 5.50. The third-order valence-electron chi connectivity index (χ3n) is 3.37. The first-order valence-electron chi connectivity index (χ1n) is 7.22. The van der Waals surface area contributed by atoms with E-state index in [1.807, 2.05) is 0 Å². The Hall–Kier alpha value is -0.310. The number of nitrogens with one attached hydrogen (secondary N) is 1. The average molecular weight is 270 g/mol. The van der Waals surface area contributed by atoms with Gasteiger partial charge in [0.05, 0.1) is 0 Å². The molecule has 3 heteroatoms. The highest BCUT2D eigenvalue weighted by atomic mass is 32.1. The zero-order valence-electron chi connectivity index (χ0n) is 12.8. The Labute approximate surface area is 119 Å². The fraction of sp³-hybridized carbons (Fsp3) is 0.933. The molecule has 2 nitrogen and oxygen atoms in total. The van der Waals surface area contributed by atoms with Gasteiger partial charge in [0.15, 0.2) is 5.11 Å². The average Bonchev–Trinajstić information content (AvgIpc) is 2.24. The number of piperidine rings is 1. The molecule has 0 aliphatic carbocycles. The van der Waals surface area contributed by atoms with Gasteiger partial charge >= 0.3 is 0 Å². The van der Waals surface area contributed by atoms with E-state index in [1.165, 1.54) is 25.7 Å². The Morgan fingerprint density at radius 2 is 1.61 bits per heavy atom. The summed E-state index contributed by atoms with van der Waals surface area (Å²) in [5.41, 5.74) is 0.663. The zero-order valence-corrected chi connectivity index (χ0v) is 13.6. The van der Waals surface area contributed by atoms with Crippen LogP contribution in [-0.2, 0) is 0 Å². The third kappa shape index (κ3) is 6.03. The van der Waals surface area contributed by atoms with Crippen molar-refractivity contribution in [2.45, 2.75) is 60.3 Å². The number of hydrogen-bond donors (Lipinski definition) is 1. The fourth-order valence-electron chi connectivity index (χ4n) is 3.02. The van der Waals surface area contributed by atoms with Gasteiger partial charge < -0.3 is 10.2 Å². The van der Waals surface area contributed by atoms with Gasteiger partial charge in [0.2, 0.25) is 0 Å². The van der Waals surface area contributed by atoms with Gasteiger partial charge in [-0.1, -0.05) is 34.6 Å². The molecule has 106 valence electrons. The van der Waals surface area contributed by atoms with E-state index in [9.17, 15) is 0 Å². The lowest BCUT2D eigenvalue weighted by atomic mass is 9.76. The van der Waals surface area contributed by atoms with Crippen LogP contribution in [-0.4, -0.2) is 29.6 Å². The monoisotopic (exact) mass is 270 g/mol. The van der Waals surface area contributed by atoms with Crippen molar-refractivity contribution in [1.82, 2.24) is 10.2 Å². The second-order valence-electron chi connectivity index (χ2n) is 7.61. The minimum absolute atomic E-state index is 0.290. The van der Waals surface area contributed by atoms with E-state index < -0.39 is 0 Å². The van der Waals surface area contributed by atoms with Crippen LogP contribution in [0.15, 0.2) is 0 Å². The third-order valence-corrected chi connectivity index (χ3v) is 3.77. The van der Waals surface area contributed by atoms with Crippen LogP contribution in [0.4, 0.5) is 0 Å². The summed E-state index contributed by atoms with van der Waals surface area (Å²) < 4.78 is 0. The summed E-state index contributed by atoms with van der Waals surface area (Å²) in [6.45, 7) is 14.8. The van der Waals surface area contributed by atoms with Crippen LogP contribution in [0.2, 0.25) is 0 Å². The smallest absolute Gasteiger partial charge is 0.168 e. The van der Waals surface area contributed by atoms with Gasteiger partial charge in [0.1, 0.15) is 0 Å². The molecule has 1 saturated heterocycles. The Kier molecular flexibility index (Phi) is 5.45. The Balaban J connectivity index is 2.36. The van der Waals surface area contributed by atoms with Crippen molar-refractivity contribution in [3.63, 3.8) is 0 Å². The number of nitrogens with zero attached hydrogens (tertiary/aromatic N) is 1. The lowest BCUT2D eigenvalue weighted by Crippen LogP contribution is -2.45. The maximum absolute atomic E-state index is 5.50. The van der Waals surface area contributed by atoms with Gasteiger partial charge in [-0.2, -0.15) is 0 Å². The molecule has 0 atom stereocenters. The molecule has 0 radical (unpaired) electrons. The Morgan fingerprint density at radius 1 is 1.06 bits per heavy atom. The summed E-state index contributed by atoms with van der Waals surface area (Å²) in [5, 5.41) is 4.43. The molecule has 0 saturated carbocycles. The number of rotatable bonds is 3. The van der Waals surface area contributed by atoms with Crippen LogP contribution in [0.25, 0.3) is 0 Å². The molecule has 1 rings (SSSR count). The summed E-state index contributed by atoms with van der Waals surface area (Å²) in [4.78, 5) is 2.33. The summed E-state index contributed by atoms with van der Waals surface area (Å²) in [6.07, 6.45) is 5.13. The zero-order chi connectivity index (χ0) is 13.8. The predicted molar refractivity (Wildman–Crippen MR) is 83.9 cm³/mol. The Bertz CT molecular complexity index is 273. The first-order chi connectivity index (χ1) is 8.20. The molecule has 1 fully saturated rings. The topological polar surface area (TPSA) is 15.3 Å². The molecule has 0 aromatic carbocycles. The SMILES string of the molecule is CC(C)(C)CC(C)(C)CNC(=S)N1CCCCC1. The van der Waals surface area contributed by atoms with Gasteiger partial charge in [-0.25, -0.2) is 0 Å². The van der Waals surface area contributed by atoms with E-state index in [-0.39, 0.29) is 5.41 Å². The summed E-state index contributed by atoms with van der Waals surface area (Å²) in [6, 6.07) is 0. The van der Waals surface area contributed by atoms with E-state index in [4.69, 9.17) is 12.2 Å². The quantitative estimate of drug-likeness (QED) is 0.785. The highest BCUT2D eigenvalue weighted by Gasteiger charge is 2.26. The van der Waals surface area contributed by atoms with Crippen LogP contribution in [0.1, 0.15) is 60.3 Å². The largest absolute Gasteiger partial charge is 0.362 e. The van der Waals surface area contributed by atoms with E-state index in [0.717, 1.165) is 24.7 Å². The van der Waals surface area contributed by atoms with Gasteiger partial charge in [0, 0.05) is 19.6 Å². The van der Waals surface area contributed by atoms with Crippen LogP contribution in [0.3, 0.4) is 0 Å². The molecular formula is C15H30N2S. The molecule has 1 aliphatic rings. The molecule has 0 unspecified atom stereocenters. The highest BCUT2D eigenvalue weighted by Crippen LogP contribution is 2.32. The minimum Gasteiger partial charge on any atom is -0.362 e. The van der Waals surface area contributed by atoms with Gasteiger partial charge in [0.25, 0.3) is 0 Å². The molecule has 1 N–H and O–H groups in total. The standard InChI is InChI=1S/C15H30N2S/c1-14(2,3)11-15(4,5)12-16-13(18)17-9-7-6-8-10-17/h6-12H2,1-5H3,(H,16,18). The van der Waals surface area contributed by atoms with Crippen molar-refractivity contribution in [2.24, 2.45) is 10.8 Å². The van der Waals surface area contributed by atoms with Crippen molar-refractivity contribution in [1.29, 1.82) is 0 Å². The molecule has 0 aromatic rings. The van der Waals surface area contributed by atoms with E-state index >= 15 is 0 Å². The van der Waals surface area contributed by atoms with Crippen molar-refractivity contribution in [2.75, 3.05) is 19.6 Å². The first kappa shape index (κ1) is 15.7. The van der Waals surface area contributed by atoms with Crippen LogP contribution in [0.5, 0.6) is 0 Å². The first-order valence-corrected chi connectivity index (χ1v) is 7.63. The summed E-state index contributed by atoms with van der Waals surface area (Å²) in [5.74, 6) is 0. The highest BCUT2D eigenvalue weighted by molar-refractivity contribution is 7.80.